The molecule has 0 saturated carbocycles. The van der Waals surface area contributed by atoms with Crippen LogP contribution in [0.4, 0.5) is 0 Å². The molecule has 0 fully saturated rings. The fourth-order valence-corrected chi connectivity index (χ4v) is 5.08. The number of pyridine rings is 1. The van der Waals surface area contributed by atoms with Gasteiger partial charge in [-0.2, -0.15) is 5.21 Å². The topological polar surface area (TPSA) is 87.6 Å². The molecule has 4 rings (SSSR count). The molecule has 0 spiro atoms. The Balaban J connectivity index is 1.82. The monoisotopic (exact) mass is 489 g/mol. The Labute approximate surface area is 211 Å². The van der Waals surface area contributed by atoms with Crippen molar-refractivity contribution in [3.8, 4) is 22.5 Å². The minimum Gasteiger partial charge on any atom is -0.392 e. The highest BCUT2D eigenvalue weighted by molar-refractivity contribution is 6.30. The van der Waals surface area contributed by atoms with Gasteiger partial charge >= 0.3 is 0 Å². The van der Waals surface area contributed by atoms with Crippen molar-refractivity contribution < 1.29 is 5.11 Å². The van der Waals surface area contributed by atoms with Crippen LogP contribution in [0.15, 0.2) is 48.5 Å². The number of hydrogen-bond acceptors (Lipinski definition) is 5. The zero-order chi connectivity index (χ0) is 25.0. The summed E-state index contributed by atoms with van der Waals surface area (Å²) in [6.07, 6.45) is 3.79. The Morgan fingerprint density at radius 3 is 2.34 bits per heavy atom. The van der Waals surface area contributed by atoms with Crippen molar-refractivity contribution in [1.82, 2.24) is 25.6 Å². The molecule has 2 aromatic carbocycles. The molecule has 0 radical (unpaired) electrons. The van der Waals surface area contributed by atoms with E-state index in [1.54, 1.807) is 0 Å². The van der Waals surface area contributed by atoms with Crippen LogP contribution in [0.5, 0.6) is 0 Å². The summed E-state index contributed by atoms with van der Waals surface area (Å²) in [7, 11) is 0. The molecule has 0 aliphatic rings. The highest BCUT2D eigenvalue weighted by Gasteiger charge is 2.33. The largest absolute Gasteiger partial charge is 0.392 e. The second-order valence-corrected chi connectivity index (χ2v) is 9.49. The Hall–Kier alpha value is -3.09. The normalized spacial score (nSPS) is 13.1. The third-order valence-electron chi connectivity index (χ3n) is 7.12. The number of aliphatic hydroxyl groups is 1. The molecule has 182 valence electrons. The molecule has 2 aromatic heterocycles. The van der Waals surface area contributed by atoms with Crippen LogP contribution in [0.1, 0.15) is 68.0 Å². The molecule has 1 unspecified atom stereocenters. The SMILES string of the molecule is CCCCc1nc(Cl)c(C)c(CO)c1C(C)(CC)c1ccc(-c2ccccc2-c2nn[nH]n2)cc1. The van der Waals surface area contributed by atoms with Gasteiger partial charge in [-0.25, -0.2) is 4.98 Å². The van der Waals surface area contributed by atoms with Crippen molar-refractivity contribution in [2.75, 3.05) is 0 Å². The minimum atomic E-state index is -0.324. The maximum atomic E-state index is 10.4. The van der Waals surface area contributed by atoms with Crippen LogP contribution in [0.3, 0.4) is 0 Å². The van der Waals surface area contributed by atoms with Gasteiger partial charge in [-0.3, -0.25) is 0 Å². The first-order chi connectivity index (χ1) is 16.9. The Morgan fingerprint density at radius 1 is 1.03 bits per heavy atom. The maximum absolute atomic E-state index is 10.4. The maximum Gasteiger partial charge on any atom is 0.205 e. The van der Waals surface area contributed by atoms with E-state index in [1.807, 2.05) is 25.1 Å². The van der Waals surface area contributed by atoms with Crippen molar-refractivity contribution in [3.05, 3.63) is 81.6 Å². The lowest BCUT2D eigenvalue weighted by Gasteiger charge is -2.34. The van der Waals surface area contributed by atoms with Crippen LogP contribution in [-0.2, 0) is 18.4 Å². The number of benzene rings is 2. The van der Waals surface area contributed by atoms with E-state index in [4.69, 9.17) is 16.6 Å². The number of rotatable bonds is 9. The first-order valence-electron chi connectivity index (χ1n) is 12.2. The van der Waals surface area contributed by atoms with Crippen molar-refractivity contribution >= 4 is 11.6 Å². The third kappa shape index (κ3) is 4.73. The molecule has 2 N–H and O–H groups in total. The van der Waals surface area contributed by atoms with Crippen LogP contribution in [0.2, 0.25) is 5.15 Å². The van der Waals surface area contributed by atoms with Crippen LogP contribution in [-0.4, -0.2) is 30.7 Å². The van der Waals surface area contributed by atoms with E-state index >= 15 is 0 Å². The van der Waals surface area contributed by atoms with Gasteiger partial charge in [0.25, 0.3) is 0 Å². The van der Waals surface area contributed by atoms with Gasteiger partial charge in [-0.05, 0) is 64.8 Å². The summed E-state index contributed by atoms with van der Waals surface area (Å²) in [6, 6.07) is 16.7. The number of tetrazole rings is 1. The summed E-state index contributed by atoms with van der Waals surface area (Å²) in [5, 5.41) is 25.4. The van der Waals surface area contributed by atoms with Crippen molar-refractivity contribution in [1.29, 1.82) is 0 Å². The summed E-state index contributed by atoms with van der Waals surface area (Å²) in [5.41, 5.74) is 7.75. The molecule has 4 aromatic rings. The van der Waals surface area contributed by atoms with Crippen LogP contribution >= 0.6 is 11.6 Å². The number of halogens is 1. The van der Waals surface area contributed by atoms with Gasteiger partial charge in [-0.1, -0.05) is 87.3 Å². The lowest BCUT2D eigenvalue weighted by atomic mass is 9.70. The number of nitrogens with zero attached hydrogens (tertiary/aromatic N) is 4. The molecule has 7 heteroatoms. The van der Waals surface area contributed by atoms with Crippen LogP contribution in [0, 0.1) is 6.92 Å². The molecule has 2 heterocycles. The van der Waals surface area contributed by atoms with E-state index in [2.05, 4.69) is 71.7 Å². The molecule has 0 amide bonds. The summed E-state index contributed by atoms with van der Waals surface area (Å²) >= 11 is 6.49. The number of aromatic amines is 1. The zero-order valence-corrected chi connectivity index (χ0v) is 21.5. The summed E-state index contributed by atoms with van der Waals surface area (Å²) in [4.78, 5) is 4.80. The number of aromatic nitrogens is 5. The predicted octanol–water partition coefficient (Wildman–Crippen LogP) is 6.44. The van der Waals surface area contributed by atoms with Gasteiger partial charge < -0.3 is 5.11 Å². The first-order valence-corrected chi connectivity index (χ1v) is 12.5. The first kappa shape index (κ1) is 25.0. The van der Waals surface area contributed by atoms with Crippen molar-refractivity contribution in [3.63, 3.8) is 0 Å². The number of unbranched alkanes of at least 4 members (excludes halogenated alkanes) is 1. The standard InChI is InChI=1S/C28H32ClN5O/c1-5-7-12-24-25(23(17-35)18(3)26(29)30-24)28(4,6-2)20-15-13-19(14-16-20)21-10-8-9-11-22(21)27-31-33-34-32-27/h8-11,13-16,35H,5-7,12,17H2,1-4H3,(H,31,32,33,34). The lowest BCUT2D eigenvalue weighted by molar-refractivity contribution is 0.277. The second kappa shape index (κ2) is 10.7. The molecule has 0 saturated heterocycles. The number of hydrogen-bond donors (Lipinski definition) is 2. The van der Waals surface area contributed by atoms with Crippen LogP contribution < -0.4 is 0 Å². The molecule has 1 atom stereocenters. The molecule has 0 aliphatic heterocycles. The van der Waals surface area contributed by atoms with Gasteiger partial charge in [0.1, 0.15) is 5.15 Å². The average Bonchev–Trinajstić information content (AvgIpc) is 3.43. The van der Waals surface area contributed by atoms with Gasteiger partial charge in [0, 0.05) is 16.7 Å². The second-order valence-electron chi connectivity index (χ2n) is 9.13. The summed E-state index contributed by atoms with van der Waals surface area (Å²) in [5.74, 6) is 0.568. The van der Waals surface area contributed by atoms with E-state index in [1.165, 1.54) is 5.56 Å². The van der Waals surface area contributed by atoms with Gasteiger partial charge in [-0.15, -0.1) is 10.2 Å². The van der Waals surface area contributed by atoms with Crippen molar-refractivity contribution in [2.45, 2.75) is 65.4 Å². The smallest absolute Gasteiger partial charge is 0.205 e. The van der Waals surface area contributed by atoms with Gasteiger partial charge in [0.15, 0.2) is 0 Å². The average molecular weight is 490 g/mol. The molecule has 6 nitrogen and oxygen atoms in total. The Bertz CT molecular complexity index is 1290. The zero-order valence-electron chi connectivity index (χ0n) is 20.8. The summed E-state index contributed by atoms with van der Waals surface area (Å²) in [6.45, 7) is 8.49. The highest BCUT2D eigenvalue weighted by Crippen LogP contribution is 2.42. The van der Waals surface area contributed by atoms with E-state index in [0.29, 0.717) is 11.0 Å². The fourth-order valence-electron chi connectivity index (χ4n) is 4.87. The quantitative estimate of drug-likeness (QED) is 0.264. The molecule has 35 heavy (non-hydrogen) atoms. The lowest BCUT2D eigenvalue weighted by Crippen LogP contribution is -2.28. The fraction of sp³-hybridized carbons (Fsp3) is 0.357. The molecule has 0 bridgehead atoms. The van der Waals surface area contributed by atoms with E-state index < -0.39 is 0 Å². The number of aryl methyl sites for hydroxylation is 1. The highest BCUT2D eigenvalue weighted by atomic mass is 35.5. The van der Waals surface area contributed by atoms with E-state index in [9.17, 15) is 5.11 Å². The molecule has 0 aliphatic carbocycles. The molecular weight excluding hydrogens is 458 g/mol. The minimum absolute atomic E-state index is 0.0612. The van der Waals surface area contributed by atoms with E-state index in [0.717, 1.165) is 64.8 Å². The number of H-pyrrole nitrogens is 1. The third-order valence-corrected chi connectivity index (χ3v) is 7.48. The van der Waals surface area contributed by atoms with Gasteiger partial charge in [0.05, 0.1) is 6.61 Å². The van der Waals surface area contributed by atoms with E-state index in [-0.39, 0.29) is 12.0 Å². The van der Waals surface area contributed by atoms with Crippen LogP contribution in [0.25, 0.3) is 22.5 Å². The number of aliphatic hydroxyl groups excluding tert-OH is 1. The predicted molar refractivity (Wildman–Crippen MR) is 140 cm³/mol. The number of nitrogens with one attached hydrogen (secondary N) is 1. The molecular formula is C28H32ClN5O. The van der Waals surface area contributed by atoms with Crippen molar-refractivity contribution in [2.24, 2.45) is 0 Å². The Kier molecular flexibility index (Phi) is 7.63. The van der Waals surface area contributed by atoms with Gasteiger partial charge in [0.2, 0.25) is 5.82 Å². The summed E-state index contributed by atoms with van der Waals surface area (Å²) < 4.78 is 0. The Morgan fingerprint density at radius 2 is 1.74 bits per heavy atom.